The zero-order valence-corrected chi connectivity index (χ0v) is 11.3. The lowest BCUT2D eigenvalue weighted by Crippen LogP contribution is -2.11. The largest absolute Gasteiger partial charge is 0.0683 e. The predicted molar refractivity (Wildman–Crippen MR) is 72.9 cm³/mol. The molecule has 0 saturated heterocycles. The summed E-state index contributed by atoms with van der Waals surface area (Å²) in [7, 11) is 0. The van der Waals surface area contributed by atoms with Gasteiger partial charge in [-0.25, -0.2) is 0 Å². The van der Waals surface area contributed by atoms with Crippen molar-refractivity contribution in [3.05, 3.63) is 35.4 Å². The first kappa shape index (κ1) is 13.3. The Labute approximate surface area is 101 Å². The lowest BCUT2D eigenvalue weighted by molar-refractivity contribution is 0.344. The van der Waals surface area contributed by atoms with E-state index >= 15 is 0 Å². The summed E-state index contributed by atoms with van der Waals surface area (Å²) in [6.07, 6.45) is 5.64. The van der Waals surface area contributed by atoms with Gasteiger partial charge < -0.3 is 0 Å². The topological polar surface area (TPSA) is 0 Å². The molecule has 1 aromatic carbocycles. The van der Waals surface area contributed by atoms with Gasteiger partial charge in [0.05, 0.1) is 0 Å². The number of rotatable bonds is 1. The maximum absolute atomic E-state index is 2.39. The van der Waals surface area contributed by atoms with Crippen molar-refractivity contribution in [2.24, 2.45) is 5.92 Å². The van der Waals surface area contributed by atoms with Crippen molar-refractivity contribution in [1.29, 1.82) is 0 Å². The van der Waals surface area contributed by atoms with Crippen LogP contribution in [-0.4, -0.2) is 0 Å². The molecule has 1 aromatic rings. The van der Waals surface area contributed by atoms with Crippen molar-refractivity contribution >= 4 is 0 Å². The van der Waals surface area contributed by atoms with Crippen LogP contribution in [0.2, 0.25) is 0 Å². The molecule has 2 unspecified atom stereocenters. The Balaban J connectivity index is 0.000000606. The van der Waals surface area contributed by atoms with E-state index < -0.39 is 0 Å². The van der Waals surface area contributed by atoms with E-state index in [1.54, 1.807) is 5.56 Å². The molecule has 1 aliphatic carbocycles. The molecular formula is C16H26. The van der Waals surface area contributed by atoms with Crippen LogP contribution in [0.1, 0.15) is 63.5 Å². The highest BCUT2D eigenvalue weighted by Gasteiger charge is 2.19. The molecule has 1 fully saturated rings. The Kier molecular flexibility index (Phi) is 5.59. The Hall–Kier alpha value is -0.780. The van der Waals surface area contributed by atoms with Gasteiger partial charge in [0.25, 0.3) is 0 Å². The summed E-state index contributed by atoms with van der Waals surface area (Å²) in [4.78, 5) is 0. The molecule has 0 bridgehead atoms. The monoisotopic (exact) mass is 218 g/mol. The average Bonchev–Trinajstić information content (AvgIpc) is 2.32. The van der Waals surface area contributed by atoms with Gasteiger partial charge in [-0.2, -0.15) is 0 Å². The second-order valence-corrected chi connectivity index (χ2v) is 4.88. The van der Waals surface area contributed by atoms with Crippen LogP contribution in [0.4, 0.5) is 0 Å². The molecule has 0 spiro atoms. The Morgan fingerprint density at radius 3 is 2.50 bits per heavy atom. The number of aryl methyl sites for hydroxylation is 1. The zero-order chi connectivity index (χ0) is 12.0. The molecule has 1 saturated carbocycles. The summed E-state index contributed by atoms with van der Waals surface area (Å²) in [5.41, 5.74) is 2.97. The Morgan fingerprint density at radius 2 is 1.88 bits per heavy atom. The van der Waals surface area contributed by atoms with Crippen LogP contribution in [-0.2, 0) is 0 Å². The van der Waals surface area contributed by atoms with Crippen LogP contribution < -0.4 is 0 Å². The van der Waals surface area contributed by atoms with E-state index in [0.29, 0.717) is 0 Å². The molecule has 0 radical (unpaired) electrons. The van der Waals surface area contributed by atoms with Crippen LogP contribution in [0.15, 0.2) is 24.3 Å². The number of hydrogen-bond acceptors (Lipinski definition) is 0. The molecule has 2 rings (SSSR count). The highest BCUT2D eigenvalue weighted by atomic mass is 14.2. The predicted octanol–water partition coefficient (Wildman–Crippen LogP) is 5.31. The average molecular weight is 218 g/mol. The second kappa shape index (κ2) is 6.73. The summed E-state index contributed by atoms with van der Waals surface area (Å²) >= 11 is 0. The zero-order valence-electron chi connectivity index (χ0n) is 11.3. The third-order valence-corrected chi connectivity index (χ3v) is 3.45. The number of benzene rings is 1. The molecule has 0 amide bonds. The van der Waals surface area contributed by atoms with E-state index in [1.165, 1.54) is 31.2 Å². The molecular weight excluding hydrogens is 192 g/mol. The maximum Gasteiger partial charge on any atom is -0.0159 e. The third-order valence-electron chi connectivity index (χ3n) is 3.45. The highest BCUT2D eigenvalue weighted by Crippen LogP contribution is 2.35. The first-order chi connectivity index (χ1) is 7.75. The van der Waals surface area contributed by atoms with Gasteiger partial charge in [-0.3, -0.25) is 0 Å². The Bertz CT molecular complexity index is 301. The summed E-state index contributed by atoms with van der Waals surface area (Å²) in [6.45, 7) is 8.58. The van der Waals surface area contributed by atoms with Crippen LogP contribution in [0.25, 0.3) is 0 Å². The smallest absolute Gasteiger partial charge is 0.0159 e. The standard InChI is InChI=1S/C14H20.C2H6/c1-11-5-3-7-13(9-11)14-8-4-6-12(2)10-14;1-2/h3,5,7,9,12,14H,4,6,8,10H2,1-2H3;1-2H3. The van der Waals surface area contributed by atoms with Crippen LogP contribution in [0.3, 0.4) is 0 Å². The molecule has 90 valence electrons. The fourth-order valence-corrected chi connectivity index (χ4v) is 2.66. The molecule has 0 heteroatoms. The van der Waals surface area contributed by atoms with Crippen molar-refractivity contribution in [3.63, 3.8) is 0 Å². The minimum Gasteiger partial charge on any atom is -0.0683 e. The summed E-state index contributed by atoms with van der Waals surface area (Å²) < 4.78 is 0. The van der Waals surface area contributed by atoms with Crippen molar-refractivity contribution in [3.8, 4) is 0 Å². The summed E-state index contributed by atoms with van der Waals surface area (Å²) in [5.74, 6) is 1.76. The van der Waals surface area contributed by atoms with Crippen LogP contribution >= 0.6 is 0 Å². The van der Waals surface area contributed by atoms with E-state index in [1.807, 2.05) is 13.8 Å². The first-order valence-corrected chi connectivity index (χ1v) is 6.82. The number of hydrogen-bond donors (Lipinski definition) is 0. The van der Waals surface area contributed by atoms with E-state index in [4.69, 9.17) is 0 Å². The van der Waals surface area contributed by atoms with Gasteiger partial charge in [-0.15, -0.1) is 0 Å². The van der Waals surface area contributed by atoms with Crippen LogP contribution in [0, 0.1) is 12.8 Å². The lowest BCUT2D eigenvalue weighted by atomic mass is 9.78. The summed E-state index contributed by atoms with van der Waals surface area (Å²) in [6, 6.07) is 9.05. The first-order valence-electron chi connectivity index (χ1n) is 6.82. The normalized spacial score (nSPS) is 24.5. The second-order valence-electron chi connectivity index (χ2n) is 4.88. The molecule has 0 aromatic heterocycles. The van der Waals surface area contributed by atoms with Gasteiger partial charge in [-0.05, 0) is 37.2 Å². The third kappa shape index (κ3) is 3.66. The highest BCUT2D eigenvalue weighted by molar-refractivity contribution is 5.25. The van der Waals surface area contributed by atoms with Crippen molar-refractivity contribution in [2.45, 2.75) is 59.3 Å². The SMILES string of the molecule is CC.Cc1cccc(C2CCCC(C)C2)c1. The van der Waals surface area contributed by atoms with Gasteiger partial charge in [-0.1, -0.05) is 63.4 Å². The van der Waals surface area contributed by atoms with E-state index in [9.17, 15) is 0 Å². The summed E-state index contributed by atoms with van der Waals surface area (Å²) in [5, 5.41) is 0. The van der Waals surface area contributed by atoms with Crippen molar-refractivity contribution in [2.75, 3.05) is 0 Å². The quantitative estimate of drug-likeness (QED) is 0.599. The van der Waals surface area contributed by atoms with Gasteiger partial charge in [0.2, 0.25) is 0 Å². The fraction of sp³-hybridized carbons (Fsp3) is 0.625. The van der Waals surface area contributed by atoms with Crippen molar-refractivity contribution < 1.29 is 0 Å². The molecule has 0 N–H and O–H groups in total. The van der Waals surface area contributed by atoms with E-state index in [2.05, 4.69) is 38.1 Å². The minimum atomic E-state index is 0.832. The molecule has 16 heavy (non-hydrogen) atoms. The molecule has 0 aliphatic heterocycles. The molecule has 0 nitrogen and oxygen atoms in total. The van der Waals surface area contributed by atoms with Crippen molar-refractivity contribution in [1.82, 2.24) is 0 Å². The fourth-order valence-electron chi connectivity index (χ4n) is 2.66. The van der Waals surface area contributed by atoms with Crippen LogP contribution in [0.5, 0.6) is 0 Å². The van der Waals surface area contributed by atoms with Gasteiger partial charge >= 0.3 is 0 Å². The molecule has 2 atom stereocenters. The van der Waals surface area contributed by atoms with Gasteiger partial charge in [0.1, 0.15) is 0 Å². The molecule has 0 heterocycles. The van der Waals surface area contributed by atoms with Gasteiger partial charge in [0.15, 0.2) is 0 Å². The maximum atomic E-state index is 2.39. The lowest BCUT2D eigenvalue weighted by Gasteiger charge is -2.27. The van der Waals surface area contributed by atoms with E-state index in [0.717, 1.165) is 11.8 Å². The Morgan fingerprint density at radius 1 is 1.12 bits per heavy atom. The van der Waals surface area contributed by atoms with E-state index in [-0.39, 0.29) is 0 Å². The van der Waals surface area contributed by atoms with Gasteiger partial charge in [0, 0.05) is 0 Å². The molecule has 1 aliphatic rings. The minimum absolute atomic E-state index is 0.832.